The van der Waals surface area contributed by atoms with Crippen molar-refractivity contribution in [2.75, 3.05) is 19.0 Å². The van der Waals surface area contributed by atoms with E-state index in [4.69, 9.17) is 12.2 Å². The van der Waals surface area contributed by atoms with Crippen molar-refractivity contribution in [2.24, 2.45) is 0 Å². The molecule has 3 aromatic rings. The molecule has 2 heterocycles. The van der Waals surface area contributed by atoms with Crippen LogP contribution in [0.3, 0.4) is 0 Å². The molecule has 2 aromatic heterocycles. The van der Waals surface area contributed by atoms with Crippen LogP contribution in [0, 0.1) is 11.6 Å². The van der Waals surface area contributed by atoms with Crippen LogP contribution in [0.2, 0.25) is 0 Å². The highest BCUT2D eigenvalue weighted by Gasteiger charge is 2.17. The lowest BCUT2D eigenvalue weighted by atomic mass is 10.0. The van der Waals surface area contributed by atoms with Crippen LogP contribution in [0.15, 0.2) is 47.5 Å². The molecule has 0 aliphatic heterocycles. The lowest BCUT2D eigenvalue weighted by molar-refractivity contribution is 0.412. The van der Waals surface area contributed by atoms with E-state index in [9.17, 15) is 4.79 Å². The van der Waals surface area contributed by atoms with E-state index in [0.717, 1.165) is 48.2 Å². The third-order valence-electron chi connectivity index (χ3n) is 5.59. The van der Waals surface area contributed by atoms with Crippen LogP contribution >= 0.6 is 12.2 Å². The molecular weight excluding hydrogens is 404 g/mol. The van der Waals surface area contributed by atoms with Gasteiger partial charge in [-0.25, -0.2) is 4.98 Å². The highest BCUT2D eigenvalue weighted by atomic mass is 32.1. The molecule has 164 valence electrons. The molecule has 0 saturated heterocycles. The van der Waals surface area contributed by atoms with Gasteiger partial charge in [0.2, 0.25) is 0 Å². The number of hydrogen-bond donors (Lipinski definition) is 1. The molecule has 5 nitrogen and oxygen atoms in total. The normalized spacial score (nSPS) is 11.2. The maximum atomic E-state index is 13.0. The van der Waals surface area contributed by atoms with Crippen molar-refractivity contribution in [3.8, 4) is 22.5 Å². The fraction of sp³-hybridized carbons (Fsp3) is 0.400. The maximum absolute atomic E-state index is 13.0. The van der Waals surface area contributed by atoms with Crippen molar-refractivity contribution in [2.45, 2.75) is 52.5 Å². The fourth-order valence-electron chi connectivity index (χ4n) is 3.94. The Balaban J connectivity index is 2.10. The second kappa shape index (κ2) is 10.1. The Morgan fingerprint density at radius 1 is 1.10 bits per heavy atom. The van der Waals surface area contributed by atoms with Crippen LogP contribution in [-0.4, -0.2) is 28.6 Å². The van der Waals surface area contributed by atoms with Crippen molar-refractivity contribution in [1.29, 1.82) is 0 Å². The minimum absolute atomic E-state index is 0.0291. The number of anilines is 1. The van der Waals surface area contributed by atoms with Crippen LogP contribution in [0.25, 0.3) is 22.5 Å². The van der Waals surface area contributed by atoms with Gasteiger partial charge < -0.3 is 9.88 Å². The quantitative estimate of drug-likeness (QED) is 0.430. The van der Waals surface area contributed by atoms with Gasteiger partial charge in [-0.1, -0.05) is 68.7 Å². The lowest BCUT2D eigenvalue weighted by Gasteiger charge is -2.21. The number of pyridine rings is 1. The molecule has 0 fully saturated rings. The van der Waals surface area contributed by atoms with Crippen LogP contribution < -0.4 is 10.5 Å². The number of aromatic nitrogens is 3. The number of aromatic amines is 1. The van der Waals surface area contributed by atoms with Gasteiger partial charge >= 0.3 is 0 Å². The van der Waals surface area contributed by atoms with Gasteiger partial charge in [-0.3, -0.25) is 9.36 Å². The Bertz CT molecular complexity index is 1140. The summed E-state index contributed by atoms with van der Waals surface area (Å²) in [5, 5.41) is 0. The predicted octanol–water partition coefficient (Wildman–Crippen LogP) is 6.15. The number of aryl methyl sites for hydroxylation is 1. The molecule has 0 spiro atoms. The van der Waals surface area contributed by atoms with Crippen molar-refractivity contribution in [1.82, 2.24) is 14.5 Å². The van der Waals surface area contributed by atoms with Gasteiger partial charge in [0.1, 0.15) is 4.64 Å². The second-order valence-corrected chi connectivity index (χ2v) is 8.69. The third kappa shape index (κ3) is 5.13. The first-order valence-corrected chi connectivity index (χ1v) is 11.4. The average molecular weight is 437 g/mol. The standard InChI is InChI=1S/C25H32N4OS/c1-6-8-19(9-7-2)29-16-26-21(15-23(29)30)24-22(28(4)5)14-20(27-25(24)31)18-12-10-17(3)11-13-18/h10-16,19H,6-9H2,1-5H3,(H,27,31). The van der Waals surface area contributed by atoms with Crippen LogP contribution in [0.1, 0.15) is 51.1 Å². The second-order valence-electron chi connectivity index (χ2n) is 8.28. The molecule has 0 bridgehead atoms. The van der Waals surface area contributed by atoms with Crippen LogP contribution in [0.5, 0.6) is 0 Å². The smallest absolute Gasteiger partial charge is 0.254 e. The SMILES string of the molecule is CCCC(CCC)n1cnc(-c2c(N(C)C)cc(-c3ccc(C)cc3)[nH]c2=S)cc1=O. The Hall–Kier alpha value is -2.73. The van der Waals surface area contributed by atoms with Crippen molar-refractivity contribution >= 4 is 17.9 Å². The van der Waals surface area contributed by atoms with E-state index in [-0.39, 0.29) is 11.6 Å². The van der Waals surface area contributed by atoms with Gasteiger partial charge in [0.25, 0.3) is 5.56 Å². The summed E-state index contributed by atoms with van der Waals surface area (Å²) in [6.07, 6.45) is 5.71. The predicted molar refractivity (Wildman–Crippen MR) is 132 cm³/mol. The highest BCUT2D eigenvalue weighted by Crippen LogP contribution is 2.32. The van der Waals surface area contributed by atoms with Gasteiger partial charge in [0.15, 0.2) is 0 Å². The minimum Gasteiger partial charge on any atom is -0.377 e. The lowest BCUT2D eigenvalue weighted by Crippen LogP contribution is -2.25. The Morgan fingerprint density at radius 2 is 1.74 bits per heavy atom. The summed E-state index contributed by atoms with van der Waals surface area (Å²) in [5.41, 5.74) is 5.51. The molecule has 0 unspecified atom stereocenters. The van der Waals surface area contributed by atoms with Gasteiger partial charge in [-0.15, -0.1) is 0 Å². The highest BCUT2D eigenvalue weighted by molar-refractivity contribution is 7.71. The number of H-pyrrole nitrogens is 1. The zero-order chi connectivity index (χ0) is 22.5. The van der Waals surface area contributed by atoms with Crippen molar-refractivity contribution in [3.05, 3.63) is 63.3 Å². The number of nitrogens with one attached hydrogen (secondary N) is 1. The Morgan fingerprint density at radius 3 is 2.29 bits per heavy atom. The number of hydrogen-bond acceptors (Lipinski definition) is 4. The topological polar surface area (TPSA) is 53.9 Å². The Labute approximate surface area is 189 Å². The molecule has 0 atom stereocenters. The average Bonchev–Trinajstić information content (AvgIpc) is 2.73. The van der Waals surface area contributed by atoms with E-state index in [1.54, 1.807) is 17.0 Å². The summed E-state index contributed by atoms with van der Waals surface area (Å²) < 4.78 is 2.35. The van der Waals surface area contributed by atoms with Crippen LogP contribution in [-0.2, 0) is 0 Å². The first-order chi connectivity index (χ1) is 14.8. The summed E-state index contributed by atoms with van der Waals surface area (Å²) in [5.74, 6) is 0. The maximum Gasteiger partial charge on any atom is 0.254 e. The van der Waals surface area contributed by atoms with Crippen molar-refractivity contribution < 1.29 is 0 Å². The molecule has 1 aromatic carbocycles. The molecule has 0 aliphatic rings. The molecule has 0 saturated carbocycles. The summed E-state index contributed by atoms with van der Waals surface area (Å²) in [7, 11) is 3.96. The molecule has 3 rings (SSSR count). The first-order valence-electron chi connectivity index (χ1n) is 11.0. The molecule has 0 amide bonds. The van der Waals surface area contributed by atoms with Gasteiger partial charge in [-0.05, 0) is 31.4 Å². The van der Waals surface area contributed by atoms with Crippen molar-refractivity contribution in [3.63, 3.8) is 0 Å². The van der Waals surface area contributed by atoms with Gasteiger partial charge in [-0.2, -0.15) is 0 Å². The molecule has 1 N–H and O–H groups in total. The van der Waals surface area contributed by atoms with E-state index >= 15 is 0 Å². The number of rotatable bonds is 8. The van der Waals surface area contributed by atoms with Crippen LogP contribution in [0.4, 0.5) is 5.69 Å². The number of benzene rings is 1. The summed E-state index contributed by atoms with van der Waals surface area (Å²) >= 11 is 5.73. The summed E-state index contributed by atoms with van der Waals surface area (Å²) in [4.78, 5) is 23.0. The van der Waals surface area contributed by atoms with E-state index in [1.165, 1.54) is 5.56 Å². The molecule has 31 heavy (non-hydrogen) atoms. The molecular formula is C25H32N4OS. The zero-order valence-corrected chi connectivity index (χ0v) is 19.9. The van der Waals surface area contributed by atoms with Gasteiger partial charge in [0, 0.05) is 31.9 Å². The van der Waals surface area contributed by atoms with E-state index in [2.05, 4.69) is 61.1 Å². The largest absolute Gasteiger partial charge is 0.377 e. The molecule has 0 aliphatic carbocycles. The number of nitrogens with zero attached hydrogens (tertiary/aromatic N) is 3. The zero-order valence-electron chi connectivity index (χ0n) is 19.1. The monoisotopic (exact) mass is 436 g/mol. The van der Waals surface area contributed by atoms with Gasteiger partial charge in [0.05, 0.1) is 23.3 Å². The summed E-state index contributed by atoms with van der Waals surface area (Å²) in [6.45, 7) is 6.36. The van der Waals surface area contributed by atoms with E-state index in [1.807, 2.05) is 19.0 Å². The minimum atomic E-state index is -0.0291. The molecule has 0 radical (unpaired) electrons. The first kappa shape index (κ1) is 22.9. The van der Waals surface area contributed by atoms with E-state index < -0.39 is 0 Å². The summed E-state index contributed by atoms with van der Waals surface area (Å²) in [6, 6.07) is 12.2. The third-order valence-corrected chi connectivity index (χ3v) is 5.89. The van der Waals surface area contributed by atoms with E-state index in [0.29, 0.717) is 10.3 Å². The Kier molecular flexibility index (Phi) is 7.44. The fourth-order valence-corrected chi connectivity index (χ4v) is 4.26. The molecule has 6 heteroatoms.